The summed E-state index contributed by atoms with van der Waals surface area (Å²) in [6.07, 6.45) is 4.80. The fourth-order valence-electron chi connectivity index (χ4n) is 6.94. The van der Waals surface area contributed by atoms with Crippen LogP contribution >= 0.6 is 0 Å². The molecule has 18 heteroatoms. The van der Waals surface area contributed by atoms with Gasteiger partial charge in [-0.1, -0.05) is 41.5 Å². The molecule has 2 saturated heterocycles. The van der Waals surface area contributed by atoms with Gasteiger partial charge in [-0.25, -0.2) is 0 Å². The van der Waals surface area contributed by atoms with Gasteiger partial charge in [0, 0.05) is 25.2 Å². The molecule has 2 aliphatic heterocycles. The van der Waals surface area contributed by atoms with E-state index in [2.05, 4.69) is 67.7 Å². The van der Waals surface area contributed by atoms with Crippen LogP contribution in [0.5, 0.6) is 23.0 Å². The van der Waals surface area contributed by atoms with Gasteiger partial charge < -0.3 is 37.6 Å². The molecular formula is C43H68N4O12Si2. The summed E-state index contributed by atoms with van der Waals surface area (Å²) in [6, 6.07) is 4.89. The van der Waals surface area contributed by atoms with Crippen LogP contribution in [-0.2, 0) is 8.85 Å². The van der Waals surface area contributed by atoms with E-state index in [0.717, 1.165) is 25.7 Å². The largest absolute Gasteiger partial charge is 0.493 e. The second kappa shape index (κ2) is 20.3. The van der Waals surface area contributed by atoms with Gasteiger partial charge in [-0.15, -0.1) is 0 Å². The van der Waals surface area contributed by atoms with Crippen LogP contribution in [-0.4, -0.2) is 114 Å². The van der Waals surface area contributed by atoms with Gasteiger partial charge in [-0.3, -0.25) is 29.8 Å². The normalized spacial score (nSPS) is 17.4. The lowest BCUT2D eigenvalue weighted by molar-refractivity contribution is -0.385. The number of benzene rings is 2. The Morgan fingerprint density at radius 1 is 0.639 bits per heavy atom. The molecule has 2 amide bonds. The standard InChI is InChI=1S/C43H68N4O12Si2/c1-42(2,3)60(9,10)58-28-30-18-16-20-44(30)40(48)32-24-36(54-7)38(26-34(32)46(50)51)56-22-14-13-15-23-57-39-27-35(47(52)53)33(25-37(39)55-8)41(49)45-21-17-19-31(45)29-59-61(11,12)43(4,5)6/h24-27,30-31H,13-23,28-29H2,1-12H3/t30-,31-/m0/s1. The number of hydrogen-bond donors (Lipinski definition) is 0. The molecule has 0 spiro atoms. The van der Waals surface area contributed by atoms with Crippen LogP contribution in [0.1, 0.15) is 107 Å². The number of hydrogen-bond acceptors (Lipinski definition) is 12. The van der Waals surface area contributed by atoms with Crippen molar-refractivity contribution in [3.05, 3.63) is 55.6 Å². The Morgan fingerprint density at radius 2 is 1.00 bits per heavy atom. The number of methoxy groups -OCH3 is 2. The first-order valence-electron chi connectivity index (χ1n) is 21.3. The molecule has 340 valence electrons. The Morgan fingerprint density at radius 3 is 1.31 bits per heavy atom. The number of nitro groups is 2. The summed E-state index contributed by atoms with van der Waals surface area (Å²) in [4.78, 5) is 54.4. The van der Waals surface area contributed by atoms with Crippen molar-refractivity contribution in [2.75, 3.05) is 53.7 Å². The fourth-order valence-corrected chi connectivity index (χ4v) is 9.02. The maximum Gasteiger partial charge on any atom is 0.286 e. The lowest BCUT2D eigenvalue weighted by Gasteiger charge is -2.38. The van der Waals surface area contributed by atoms with Gasteiger partial charge >= 0.3 is 0 Å². The molecule has 0 aliphatic carbocycles. The van der Waals surface area contributed by atoms with Gasteiger partial charge in [0.2, 0.25) is 0 Å². The van der Waals surface area contributed by atoms with Crippen LogP contribution in [0.4, 0.5) is 11.4 Å². The highest BCUT2D eigenvalue weighted by atomic mass is 28.4. The van der Waals surface area contributed by atoms with Gasteiger partial charge in [0.1, 0.15) is 11.1 Å². The average molecular weight is 889 g/mol. The first-order valence-corrected chi connectivity index (χ1v) is 27.1. The third kappa shape index (κ3) is 12.0. The molecule has 16 nitrogen and oxygen atoms in total. The van der Waals surface area contributed by atoms with E-state index in [1.165, 1.54) is 38.5 Å². The number of nitrogens with zero attached hydrogens (tertiary/aromatic N) is 4. The highest BCUT2D eigenvalue weighted by Crippen LogP contribution is 2.41. The van der Waals surface area contributed by atoms with Crippen LogP contribution < -0.4 is 18.9 Å². The molecule has 2 aromatic carbocycles. The number of ether oxygens (including phenoxy) is 4. The Balaban J connectivity index is 1.35. The maximum atomic E-state index is 13.8. The van der Waals surface area contributed by atoms with Crippen molar-refractivity contribution in [2.24, 2.45) is 0 Å². The van der Waals surface area contributed by atoms with Crippen LogP contribution in [0.3, 0.4) is 0 Å². The van der Waals surface area contributed by atoms with E-state index in [-0.39, 0.29) is 80.9 Å². The van der Waals surface area contributed by atoms with Crippen molar-refractivity contribution in [1.29, 1.82) is 0 Å². The van der Waals surface area contributed by atoms with Gasteiger partial charge in [0.25, 0.3) is 23.2 Å². The summed E-state index contributed by atoms with van der Waals surface area (Å²) in [6.45, 7) is 23.7. The summed E-state index contributed by atoms with van der Waals surface area (Å²) in [5.74, 6) is -0.165. The highest BCUT2D eigenvalue weighted by molar-refractivity contribution is 6.74. The summed E-state index contributed by atoms with van der Waals surface area (Å²) in [7, 11) is -1.30. The molecule has 0 saturated carbocycles. The lowest BCUT2D eigenvalue weighted by Crippen LogP contribution is -2.46. The van der Waals surface area contributed by atoms with Crippen molar-refractivity contribution < 1.29 is 47.2 Å². The predicted molar refractivity (Wildman–Crippen MR) is 239 cm³/mol. The van der Waals surface area contributed by atoms with Gasteiger partial charge in [-0.2, -0.15) is 0 Å². The summed E-state index contributed by atoms with van der Waals surface area (Å²) in [5, 5.41) is 24.5. The quantitative estimate of drug-likeness (QED) is 0.0532. The second-order valence-corrected chi connectivity index (χ2v) is 28.7. The van der Waals surface area contributed by atoms with Crippen LogP contribution in [0.15, 0.2) is 24.3 Å². The number of rotatable bonds is 20. The first-order chi connectivity index (χ1) is 28.4. The smallest absolute Gasteiger partial charge is 0.286 e. The Hall–Kier alpha value is -4.27. The molecule has 61 heavy (non-hydrogen) atoms. The van der Waals surface area contributed by atoms with Crippen molar-refractivity contribution in [3.63, 3.8) is 0 Å². The highest BCUT2D eigenvalue weighted by Gasteiger charge is 2.42. The number of likely N-dealkylation sites (tertiary alicyclic amines) is 2. The van der Waals surface area contributed by atoms with Crippen molar-refractivity contribution in [3.8, 4) is 23.0 Å². The van der Waals surface area contributed by atoms with Crippen molar-refractivity contribution in [2.45, 2.75) is 135 Å². The number of carbonyl (C=O) groups is 2. The molecular weight excluding hydrogens is 821 g/mol. The number of nitro benzene ring substituents is 2. The summed E-state index contributed by atoms with van der Waals surface area (Å²) >= 11 is 0. The zero-order valence-corrected chi connectivity index (χ0v) is 40.3. The van der Waals surface area contributed by atoms with Gasteiger partial charge in [0.05, 0.1) is 74.7 Å². The topological polar surface area (TPSA) is 182 Å². The van der Waals surface area contributed by atoms with Crippen molar-refractivity contribution >= 4 is 39.8 Å². The van der Waals surface area contributed by atoms with E-state index in [1.54, 1.807) is 9.80 Å². The molecule has 2 fully saturated rings. The minimum absolute atomic E-state index is 0.00590. The number of amides is 2. The minimum atomic E-state index is -2.07. The van der Waals surface area contributed by atoms with Gasteiger partial charge in [0.15, 0.2) is 39.6 Å². The van der Waals surface area contributed by atoms with E-state index in [9.17, 15) is 29.8 Å². The molecule has 2 atom stereocenters. The molecule has 0 aromatic heterocycles. The van der Waals surface area contributed by atoms with E-state index < -0.39 is 38.3 Å². The maximum absolute atomic E-state index is 13.8. The van der Waals surface area contributed by atoms with Crippen LogP contribution in [0, 0.1) is 20.2 Å². The fraction of sp³-hybridized carbons (Fsp3) is 0.674. The van der Waals surface area contributed by atoms with Gasteiger partial charge in [-0.05, 0) is 81.2 Å². The summed E-state index contributed by atoms with van der Waals surface area (Å²) in [5.41, 5.74) is -0.857. The van der Waals surface area contributed by atoms with Crippen LogP contribution in [0.2, 0.25) is 36.3 Å². The average Bonchev–Trinajstić information content (AvgIpc) is 3.87. The molecule has 0 N–H and O–H groups in total. The Bertz CT molecular complexity index is 1760. The third-order valence-corrected chi connectivity index (χ3v) is 21.9. The zero-order valence-electron chi connectivity index (χ0n) is 38.3. The van der Waals surface area contributed by atoms with E-state index in [1.807, 2.05) is 0 Å². The monoisotopic (exact) mass is 888 g/mol. The molecule has 4 rings (SSSR count). The number of carbonyl (C=O) groups excluding carboxylic acids is 2. The Labute approximate surface area is 363 Å². The van der Waals surface area contributed by atoms with Crippen molar-refractivity contribution in [1.82, 2.24) is 9.80 Å². The molecule has 0 unspecified atom stereocenters. The van der Waals surface area contributed by atoms with E-state index in [4.69, 9.17) is 27.8 Å². The van der Waals surface area contributed by atoms with E-state index >= 15 is 0 Å². The molecule has 2 aliphatic rings. The predicted octanol–water partition coefficient (Wildman–Crippen LogP) is 9.40. The molecule has 0 bridgehead atoms. The first kappa shape index (κ1) is 49.4. The number of unbranched alkanes of at least 4 members (excludes halogenated alkanes) is 2. The third-order valence-electron chi connectivity index (χ3n) is 12.9. The SMILES string of the molecule is COc1cc(C(=O)N2CCC[C@H]2CO[Si](C)(C)C(C)(C)C)c([N+](=O)[O-])cc1OCCCCCOc1cc([N+](=O)[O-])c(C(=O)N2CCC[C@H]2CO[Si](C)(C)C(C)(C)C)cc1OC. The molecule has 0 radical (unpaired) electrons. The summed E-state index contributed by atoms with van der Waals surface area (Å²) < 4.78 is 35.8. The molecule has 2 aromatic rings. The molecule has 2 heterocycles. The minimum Gasteiger partial charge on any atom is -0.493 e. The Kier molecular flexibility index (Phi) is 16.4. The van der Waals surface area contributed by atoms with Crippen LogP contribution in [0.25, 0.3) is 0 Å². The van der Waals surface area contributed by atoms with E-state index in [0.29, 0.717) is 45.6 Å². The second-order valence-electron chi connectivity index (χ2n) is 19.0. The lowest BCUT2D eigenvalue weighted by atomic mass is 10.1. The zero-order chi connectivity index (χ0) is 45.5.